The highest BCUT2D eigenvalue weighted by molar-refractivity contribution is 5.83. The van der Waals surface area contributed by atoms with E-state index < -0.39 is 11.6 Å². The Labute approximate surface area is 125 Å². The van der Waals surface area contributed by atoms with E-state index in [1.54, 1.807) is 16.8 Å². The van der Waals surface area contributed by atoms with Gasteiger partial charge in [-0.1, -0.05) is 0 Å². The Balaban J connectivity index is 1.93. The van der Waals surface area contributed by atoms with E-state index in [-0.39, 0.29) is 0 Å². The number of benzene rings is 1. The number of hydrogen-bond acceptors (Lipinski definition) is 4. The van der Waals surface area contributed by atoms with Gasteiger partial charge in [-0.2, -0.15) is 0 Å². The van der Waals surface area contributed by atoms with E-state index in [1.165, 1.54) is 6.07 Å². The largest absolute Gasteiger partial charge is 0.351 e. The van der Waals surface area contributed by atoms with Crippen molar-refractivity contribution in [1.82, 2.24) is 19.3 Å². The lowest BCUT2D eigenvalue weighted by Crippen LogP contribution is -2.45. The van der Waals surface area contributed by atoms with Crippen molar-refractivity contribution in [2.75, 3.05) is 38.1 Å². The summed E-state index contributed by atoms with van der Waals surface area (Å²) in [6.45, 7) is 3.54. The van der Waals surface area contributed by atoms with Gasteiger partial charge < -0.3 is 9.80 Å². The average molecular weight is 303 g/mol. The van der Waals surface area contributed by atoms with E-state index in [2.05, 4.69) is 26.8 Å². The van der Waals surface area contributed by atoms with Gasteiger partial charge in [-0.3, -0.25) is 4.40 Å². The molecule has 3 heterocycles. The van der Waals surface area contributed by atoms with Crippen molar-refractivity contribution >= 4 is 22.5 Å². The minimum Gasteiger partial charge on any atom is -0.351 e. The van der Waals surface area contributed by atoms with Crippen molar-refractivity contribution in [3.63, 3.8) is 0 Å². The highest BCUT2D eigenvalue weighted by Gasteiger charge is 2.20. The summed E-state index contributed by atoms with van der Waals surface area (Å²) >= 11 is 0. The van der Waals surface area contributed by atoms with Crippen molar-refractivity contribution in [2.24, 2.45) is 0 Å². The van der Waals surface area contributed by atoms with Crippen molar-refractivity contribution in [3.8, 4) is 0 Å². The summed E-state index contributed by atoms with van der Waals surface area (Å²) in [5, 5.41) is 0. The number of fused-ring (bicyclic) bond motifs is 3. The third-order valence-corrected chi connectivity index (χ3v) is 4.15. The Bertz CT molecular complexity index is 852. The predicted octanol–water partition coefficient (Wildman–Crippen LogP) is 1.91. The van der Waals surface area contributed by atoms with Crippen molar-refractivity contribution < 1.29 is 8.78 Å². The second-order valence-corrected chi connectivity index (χ2v) is 5.60. The molecule has 1 aliphatic heterocycles. The van der Waals surface area contributed by atoms with Gasteiger partial charge >= 0.3 is 0 Å². The summed E-state index contributed by atoms with van der Waals surface area (Å²) in [7, 11) is 2.08. The van der Waals surface area contributed by atoms with E-state index >= 15 is 0 Å². The average Bonchev–Trinajstić information content (AvgIpc) is 2.99. The van der Waals surface area contributed by atoms with Crippen LogP contribution in [0, 0.1) is 11.6 Å². The molecule has 1 aromatic carbocycles. The Kier molecular flexibility index (Phi) is 2.97. The molecule has 5 nitrogen and oxygen atoms in total. The van der Waals surface area contributed by atoms with Crippen LogP contribution in [0.15, 0.2) is 24.5 Å². The van der Waals surface area contributed by atoms with Crippen LogP contribution in [-0.2, 0) is 0 Å². The van der Waals surface area contributed by atoms with E-state index in [0.717, 1.165) is 38.1 Å². The van der Waals surface area contributed by atoms with Crippen molar-refractivity contribution in [1.29, 1.82) is 0 Å². The smallest absolute Gasteiger partial charge is 0.180 e. The van der Waals surface area contributed by atoms with Gasteiger partial charge in [0.15, 0.2) is 23.1 Å². The first-order chi connectivity index (χ1) is 10.6. The van der Waals surface area contributed by atoms with Gasteiger partial charge in [0, 0.05) is 50.7 Å². The zero-order valence-corrected chi connectivity index (χ0v) is 12.1. The fourth-order valence-corrected chi connectivity index (χ4v) is 2.87. The summed E-state index contributed by atoms with van der Waals surface area (Å²) in [6, 6.07) is 2.31. The predicted molar refractivity (Wildman–Crippen MR) is 80.1 cm³/mol. The van der Waals surface area contributed by atoms with Crippen LogP contribution in [0.3, 0.4) is 0 Å². The van der Waals surface area contributed by atoms with E-state index in [4.69, 9.17) is 0 Å². The van der Waals surface area contributed by atoms with E-state index in [9.17, 15) is 8.78 Å². The molecule has 0 saturated carbocycles. The van der Waals surface area contributed by atoms with Crippen LogP contribution in [0.5, 0.6) is 0 Å². The number of likely N-dealkylation sites (N-methyl/N-ethyl adjacent to an activating group) is 1. The van der Waals surface area contributed by atoms with Crippen LogP contribution in [0.4, 0.5) is 14.6 Å². The minimum absolute atomic E-state index is 0.429. The molecular formula is C15H15F2N5. The Morgan fingerprint density at radius 1 is 1.05 bits per heavy atom. The van der Waals surface area contributed by atoms with Gasteiger partial charge in [0.1, 0.15) is 0 Å². The highest BCUT2D eigenvalue weighted by atomic mass is 19.2. The van der Waals surface area contributed by atoms with Gasteiger partial charge in [-0.05, 0) is 7.05 Å². The molecule has 0 bridgehead atoms. The first-order valence-electron chi connectivity index (χ1n) is 7.19. The molecule has 0 radical (unpaired) electrons. The fourth-order valence-electron chi connectivity index (χ4n) is 2.87. The van der Waals surface area contributed by atoms with Gasteiger partial charge in [-0.15, -0.1) is 0 Å². The SMILES string of the molecule is CN1CCN(c2nc3cc(F)c(F)cc3n3ccnc23)CC1. The Hall–Kier alpha value is -2.28. The first kappa shape index (κ1) is 13.4. The molecule has 0 aliphatic carbocycles. The van der Waals surface area contributed by atoms with Crippen LogP contribution in [-0.4, -0.2) is 52.5 Å². The van der Waals surface area contributed by atoms with Crippen LogP contribution >= 0.6 is 0 Å². The summed E-state index contributed by atoms with van der Waals surface area (Å²) in [4.78, 5) is 13.3. The standard InChI is InChI=1S/C15H15F2N5/c1-20-4-6-21(7-5-20)15-14-18-2-3-22(14)13-9-11(17)10(16)8-12(13)19-15/h2-3,8-9H,4-7H2,1H3. The number of imidazole rings is 1. The van der Waals surface area contributed by atoms with Crippen molar-refractivity contribution in [2.45, 2.75) is 0 Å². The van der Waals surface area contributed by atoms with Gasteiger partial charge in [0.2, 0.25) is 0 Å². The minimum atomic E-state index is -0.885. The van der Waals surface area contributed by atoms with Crippen LogP contribution < -0.4 is 4.90 Å². The normalized spacial score (nSPS) is 16.8. The molecule has 0 N–H and O–H groups in total. The topological polar surface area (TPSA) is 36.7 Å². The summed E-state index contributed by atoms with van der Waals surface area (Å²) < 4.78 is 28.8. The molecule has 1 aliphatic rings. The maximum atomic E-state index is 13.5. The number of rotatable bonds is 1. The second-order valence-electron chi connectivity index (χ2n) is 5.60. The Morgan fingerprint density at radius 2 is 1.77 bits per heavy atom. The molecule has 0 unspecified atom stereocenters. The second kappa shape index (κ2) is 4.88. The van der Waals surface area contributed by atoms with Crippen LogP contribution in [0.25, 0.3) is 16.7 Å². The third kappa shape index (κ3) is 2.00. The molecule has 0 spiro atoms. The summed E-state index contributed by atoms with van der Waals surface area (Å²) in [5.41, 5.74) is 1.62. The van der Waals surface area contributed by atoms with Gasteiger partial charge in [-0.25, -0.2) is 18.7 Å². The van der Waals surface area contributed by atoms with Crippen LogP contribution in [0.1, 0.15) is 0 Å². The molecule has 4 rings (SSSR count). The molecule has 0 amide bonds. The summed E-state index contributed by atoms with van der Waals surface area (Å²) in [5.74, 6) is -1.04. The lowest BCUT2D eigenvalue weighted by atomic mass is 10.2. The van der Waals surface area contributed by atoms with E-state index in [1.807, 2.05) is 0 Å². The molecule has 0 atom stereocenters. The highest BCUT2D eigenvalue weighted by Crippen LogP contribution is 2.26. The lowest BCUT2D eigenvalue weighted by molar-refractivity contribution is 0.312. The molecule has 2 aromatic heterocycles. The molecule has 1 saturated heterocycles. The maximum Gasteiger partial charge on any atom is 0.180 e. The number of nitrogens with zero attached hydrogens (tertiary/aromatic N) is 5. The molecule has 22 heavy (non-hydrogen) atoms. The molecule has 114 valence electrons. The molecule has 7 heteroatoms. The van der Waals surface area contributed by atoms with E-state index in [0.29, 0.717) is 16.7 Å². The van der Waals surface area contributed by atoms with Gasteiger partial charge in [0.05, 0.1) is 11.0 Å². The number of aromatic nitrogens is 3. The molecular weight excluding hydrogens is 288 g/mol. The number of hydrogen-bond donors (Lipinski definition) is 0. The fraction of sp³-hybridized carbons (Fsp3) is 0.333. The first-order valence-corrected chi connectivity index (χ1v) is 7.19. The molecule has 3 aromatic rings. The number of halogens is 2. The number of anilines is 1. The summed E-state index contributed by atoms with van der Waals surface area (Å²) in [6.07, 6.45) is 3.40. The zero-order valence-electron chi connectivity index (χ0n) is 12.1. The quantitative estimate of drug-likeness (QED) is 0.688. The van der Waals surface area contributed by atoms with Crippen LogP contribution in [0.2, 0.25) is 0 Å². The molecule has 1 fully saturated rings. The zero-order chi connectivity index (χ0) is 15.3. The van der Waals surface area contributed by atoms with Crippen molar-refractivity contribution in [3.05, 3.63) is 36.2 Å². The Morgan fingerprint density at radius 3 is 2.55 bits per heavy atom. The maximum absolute atomic E-state index is 13.5. The van der Waals surface area contributed by atoms with Gasteiger partial charge in [0.25, 0.3) is 0 Å². The monoisotopic (exact) mass is 303 g/mol. The lowest BCUT2D eigenvalue weighted by Gasteiger charge is -2.33. The third-order valence-electron chi connectivity index (χ3n) is 4.15. The number of piperazine rings is 1.